The van der Waals surface area contributed by atoms with Crippen molar-refractivity contribution in [2.24, 2.45) is 0 Å². The molecule has 0 radical (unpaired) electrons. The predicted octanol–water partition coefficient (Wildman–Crippen LogP) is 3.96. The molecule has 1 aliphatic rings. The molecule has 1 aromatic rings. The molecule has 1 aliphatic carbocycles. The Labute approximate surface area is 136 Å². The lowest BCUT2D eigenvalue weighted by Gasteiger charge is -2.34. The quantitative estimate of drug-likeness (QED) is 0.479. The molecule has 0 aromatic heterocycles. The van der Waals surface area contributed by atoms with Crippen LogP contribution in [0.15, 0.2) is 24.3 Å². The summed E-state index contributed by atoms with van der Waals surface area (Å²) in [6, 6.07) is 7.79. The van der Waals surface area contributed by atoms with Gasteiger partial charge in [0, 0.05) is 5.69 Å². The van der Waals surface area contributed by atoms with Crippen LogP contribution in [0.2, 0.25) is 0 Å². The minimum Gasteiger partial charge on any atom is -0.399 e. The largest absolute Gasteiger partial charge is 0.399 e. The molecule has 0 amide bonds. The van der Waals surface area contributed by atoms with Crippen molar-refractivity contribution in [2.75, 3.05) is 5.73 Å². The number of nitrogens with two attached hydrogens (primary N) is 1. The Morgan fingerprint density at radius 1 is 1.14 bits per heavy atom. The van der Waals surface area contributed by atoms with E-state index in [-0.39, 0.29) is 0 Å². The van der Waals surface area contributed by atoms with Gasteiger partial charge in [0.2, 0.25) is 0 Å². The van der Waals surface area contributed by atoms with Gasteiger partial charge in [-0.15, -0.1) is 23.2 Å². The summed E-state index contributed by atoms with van der Waals surface area (Å²) in [4.78, 5) is -1.05. The van der Waals surface area contributed by atoms with E-state index >= 15 is 0 Å². The summed E-state index contributed by atoms with van der Waals surface area (Å²) in [6.45, 7) is 2.04. The molecule has 1 fully saturated rings. The Balaban J connectivity index is 0.000000235. The van der Waals surface area contributed by atoms with Gasteiger partial charge in [0.25, 0.3) is 10.1 Å². The van der Waals surface area contributed by atoms with Crippen LogP contribution >= 0.6 is 23.2 Å². The third kappa shape index (κ3) is 5.02. The van der Waals surface area contributed by atoms with Crippen LogP contribution in [0.4, 0.5) is 5.69 Å². The second-order valence-electron chi connectivity index (χ2n) is 5.31. The topological polar surface area (TPSA) is 80.4 Å². The van der Waals surface area contributed by atoms with Crippen LogP contribution in [0.5, 0.6) is 0 Å². The molecule has 7 heteroatoms. The van der Waals surface area contributed by atoms with Crippen LogP contribution in [-0.4, -0.2) is 22.6 Å². The lowest BCUT2D eigenvalue weighted by Crippen LogP contribution is -2.45. The number of nitrogen functional groups attached to an aromatic ring is 1. The van der Waals surface area contributed by atoms with Crippen LogP contribution in [-0.2, 0) is 10.1 Å². The maximum Gasteiger partial charge on any atom is 0.273 e. The first-order valence-corrected chi connectivity index (χ1v) is 9.08. The Morgan fingerprint density at radius 2 is 1.62 bits per heavy atom. The molecule has 0 unspecified atom stereocenters. The summed E-state index contributed by atoms with van der Waals surface area (Å²) in [7, 11) is -4.15. The molecule has 1 saturated carbocycles. The fourth-order valence-corrected chi connectivity index (χ4v) is 4.45. The van der Waals surface area contributed by atoms with Crippen LogP contribution in [0.1, 0.15) is 37.7 Å². The van der Waals surface area contributed by atoms with Crippen LogP contribution in [0, 0.1) is 6.92 Å². The van der Waals surface area contributed by atoms with Gasteiger partial charge in [-0.2, -0.15) is 8.42 Å². The van der Waals surface area contributed by atoms with E-state index in [1.165, 1.54) is 5.56 Å². The molecule has 1 aromatic carbocycles. The molecule has 3 N–H and O–H groups in total. The van der Waals surface area contributed by atoms with Gasteiger partial charge in [0.1, 0.15) is 9.58 Å². The molecule has 0 spiro atoms. The number of halogens is 2. The summed E-state index contributed by atoms with van der Waals surface area (Å²) in [5.74, 6) is 0. The van der Waals surface area contributed by atoms with Crippen LogP contribution in [0.3, 0.4) is 0 Å². The minimum atomic E-state index is -4.15. The van der Waals surface area contributed by atoms with Crippen molar-refractivity contribution in [3.8, 4) is 0 Å². The van der Waals surface area contributed by atoms with Gasteiger partial charge >= 0.3 is 0 Å². The van der Waals surface area contributed by atoms with Gasteiger partial charge < -0.3 is 5.73 Å². The van der Waals surface area contributed by atoms with E-state index in [1.807, 2.05) is 31.2 Å². The van der Waals surface area contributed by atoms with Crippen molar-refractivity contribution in [1.82, 2.24) is 0 Å². The van der Waals surface area contributed by atoms with Gasteiger partial charge in [-0.25, -0.2) is 0 Å². The molecule has 120 valence electrons. The standard InChI is InChI=1S/C7H12Cl2O3S.C7H9N/c8-6(9)7(13(10,11)12)4-2-1-3-5-7;1-6-2-4-7(8)5-3-6/h6H,1-5H2,(H,10,11,12);2-5H,8H2,1H3. The Hall–Kier alpha value is -0.490. The molecule has 21 heavy (non-hydrogen) atoms. The summed E-state index contributed by atoms with van der Waals surface area (Å²) >= 11 is 11.2. The molecular formula is C14H21Cl2NO3S. The first-order valence-electron chi connectivity index (χ1n) is 6.76. The summed E-state index contributed by atoms with van der Waals surface area (Å²) < 4.78 is 30.0. The molecule has 0 heterocycles. The summed E-state index contributed by atoms with van der Waals surface area (Å²) in [5, 5.41) is 0. The number of alkyl halides is 2. The van der Waals surface area contributed by atoms with Crippen LogP contribution in [0.25, 0.3) is 0 Å². The first-order chi connectivity index (χ1) is 9.69. The molecular weight excluding hydrogens is 333 g/mol. The van der Waals surface area contributed by atoms with Gasteiger partial charge in [0.05, 0.1) is 0 Å². The maximum atomic E-state index is 11.1. The molecule has 0 bridgehead atoms. The Bertz CT molecular complexity index is 517. The van der Waals surface area contributed by atoms with Gasteiger partial charge in [-0.05, 0) is 31.9 Å². The van der Waals surface area contributed by atoms with Crippen molar-refractivity contribution in [2.45, 2.75) is 48.6 Å². The molecule has 0 saturated heterocycles. The molecule has 0 atom stereocenters. The van der Waals surface area contributed by atoms with Gasteiger partial charge in [0.15, 0.2) is 0 Å². The van der Waals surface area contributed by atoms with Crippen molar-refractivity contribution >= 4 is 39.0 Å². The Kier molecular flexibility index (Phi) is 6.78. The second-order valence-corrected chi connectivity index (χ2v) is 8.17. The summed E-state index contributed by atoms with van der Waals surface area (Å²) in [5.41, 5.74) is 7.51. The number of hydrogen-bond donors (Lipinski definition) is 2. The third-order valence-electron chi connectivity index (χ3n) is 3.69. The fraction of sp³-hybridized carbons (Fsp3) is 0.571. The van der Waals surface area contributed by atoms with Gasteiger partial charge in [-0.1, -0.05) is 37.0 Å². The van der Waals surface area contributed by atoms with Crippen molar-refractivity contribution in [1.29, 1.82) is 0 Å². The average molecular weight is 354 g/mol. The SMILES string of the molecule is Cc1ccc(N)cc1.O=S(=O)(O)C1(C(Cl)Cl)CCCCC1. The fourth-order valence-electron chi connectivity index (χ4n) is 2.31. The predicted molar refractivity (Wildman–Crippen MR) is 88.5 cm³/mol. The highest BCUT2D eigenvalue weighted by Gasteiger charge is 2.48. The van der Waals surface area contributed by atoms with E-state index in [1.54, 1.807) is 0 Å². The monoisotopic (exact) mass is 353 g/mol. The normalized spacial score (nSPS) is 18.0. The number of anilines is 1. The average Bonchev–Trinajstić information content (AvgIpc) is 2.42. The van der Waals surface area contributed by atoms with E-state index in [0.717, 1.165) is 24.9 Å². The highest BCUT2D eigenvalue weighted by molar-refractivity contribution is 7.87. The van der Waals surface area contributed by atoms with E-state index in [0.29, 0.717) is 12.8 Å². The summed E-state index contributed by atoms with van der Waals surface area (Å²) in [6.07, 6.45) is 3.16. The smallest absolute Gasteiger partial charge is 0.273 e. The lowest BCUT2D eigenvalue weighted by atomic mass is 9.89. The molecule has 2 rings (SSSR count). The zero-order valence-corrected chi connectivity index (χ0v) is 14.3. The highest BCUT2D eigenvalue weighted by atomic mass is 35.5. The first kappa shape index (κ1) is 18.6. The molecule has 4 nitrogen and oxygen atoms in total. The van der Waals surface area contributed by atoms with Crippen molar-refractivity contribution in [3.63, 3.8) is 0 Å². The van der Waals surface area contributed by atoms with Crippen molar-refractivity contribution < 1.29 is 13.0 Å². The lowest BCUT2D eigenvalue weighted by molar-refractivity contribution is 0.351. The number of aryl methyl sites for hydroxylation is 1. The molecule has 0 aliphatic heterocycles. The maximum absolute atomic E-state index is 11.1. The zero-order valence-electron chi connectivity index (χ0n) is 11.9. The van der Waals surface area contributed by atoms with Gasteiger partial charge in [-0.3, -0.25) is 4.55 Å². The second kappa shape index (κ2) is 7.68. The third-order valence-corrected chi connectivity index (χ3v) is 6.45. The highest BCUT2D eigenvalue weighted by Crippen LogP contribution is 2.41. The van der Waals surface area contributed by atoms with E-state index in [2.05, 4.69) is 0 Å². The zero-order chi connectivity index (χ0) is 16.1. The van der Waals surface area contributed by atoms with Crippen molar-refractivity contribution in [3.05, 3.63) is 29.8 Å². The number of rotatable bonds is 2. The van der Waals surface area contributed by atoms with E-state index in [9.17, 15) is 8.42 Å². The van der Waals surface area contributed by atoms with Crippen LogP contribution < -0.4 is 5.73 Å². The van der Waals surface area contributed by atoms with E-state index in [4.69, 9.17) is 33.5 Å². The minimum absolute atomic E-state index is 0.351. The number of hydrogen-bond acceptors (Lipinski definition) is 3. The van der Waals surface area contributed by atoms with E-state index < -0.39 is 19.7 Å². The Morgan fingerprint density at radius 3 is 1.90 bits per heavy atom. The number of benzene rings is 1.